The van der Waals surface area contributed by atoms with E-state index >= 15 is 0 Å². The number of carbonyl (C=O) groups is 2. The van der Waals surface area contributed by atoms with E-state index in [0.29, 0.717) is 13.2 Å². The molecule has 0 aliphatic carbocycles. The summed E-state index contributed by atoms with van der Waals surface area (Å²) in [7, 11) is 0. The Morgan fingerprint density at radius 1 is 1.33 bits per heavy atom. The summed E-state index contributed by atoms with van der Waals surface area (Å²) in [5, 5.41) is 2.63. The summed E-state index contributed by atoms with van der Waals surface area (Å²) in [5.41, 5.74) is 9.53. The first-order valence-corrected chi connectivity index (χ1v) is 8.26. The zero-order valence-electron chi connectivity index (χ0n) is 14.2. The van der Waals surface area contributed by atoms with Gasteiger partial charge in [0.25, 0.3) is 0 Å². The van der Waals surface area contributed by atoms with Crippen LogP contribution in [-0.4, -0.2) is 41.5 Å². The van der Waals surface area contributed by atoms with Gasteiger partial charge in [0.1, 0.15) is 12.2 Å². The minimum atomic E-state index is -0.637. The van der Waals surface area contributed by atoms with Crippen LogP contribution >= 0.6 is 0 Å². The molecule has 1 aliphatic rings. The van der Waals surface area contributed by atoms with Gasteiger partial charge >= 0.3 is 0 Å². The molecule has 0 bridgehead atoms. The maximum absolute atomic E-state index is 12.5. The van der Waals surface area contributed by atoms with E-state index in [1.807, 2.05) is 30.3 Å². The first kappa shape index (κ1) is 18.4. The molecule has 1 heterocycles. The van der Waals surface area contributed by atoms with E-state index in [0.717, 1.165) is 18.4 Å². The highest BCUT2D eigenvalue weighted by Crippen LogP contribution is 2.16. The summed E-state index contributed by atoms with van der Waals surface area (Å²) in [6.45, 7) is 4.33. The minimum absolute atomic E-state index is 0.137. The fourth-order valence-electron chi connectivity index (χ4n) is 2.60. The first-order chi connectivity index (χ1) is 11.5. The molecule has 132 valence electrons. The van der Waals surface area contributed by atoms with Crippen LogP contribution in [0.2, 0.25) is 0 Å². The number of amides is 2. The predicted molar refractivity (Wildman–Crippen MR) is 90.4 cm³/mol. The van der Waals surface area contributed by atoms with Crippen molar-refractivity contribution in [3.63, 3.8) is 0 Å². The van der Waals surface area contributed by atoms with E-state index in [1.165, 1.54) is 0 Å². The Morgan fingerprint density at radius 3 is 2.71 bits per heavy atom. The quantitative estimate of drug-likeness (QED) is 0.631. The van der Waals surface area contributed by atoms with E-state index in [4.69, 9.17) is 10.6 Å². The molecule has 2 rings (SSSR count). The number of nitrogens with one attached hydrogen (secondary N) is 2. The molecule has 1 saturated heterocycles. The lowest BCUT2D eigenvalue weighted by atomic mass is 10.2. The molecule has 1 aromatic carbocycles. The Balaban J connectivity index is 1.83. The second kappa shape index (κ2) is 8.77. The standard InChI is InChI=1S/C17H26N4O3/c1-12(18)16(22)19-13(2)17(23)21-10-6-9-15(21)20-24-11-14-7-4-3-5-8-14/h3-5,7-8,12-13,15,20H,6,9-11,18H2,1-2H3,(H,19,22)/t12-,13?,15-/m0/s1. The lowest BCUT2D eigenvalue weighted by Crippen LogP contribution is -2.54. The summed E-state index contributed by atoms with van der Waals surface area (Å²) in [6.07, 6.45) is 1.52. The molecule has 24 heavy (non-hydrogen) atoms. The normalized spacial score (nSPS) is 19.8. The molecule has 7 nitrogen and oxygen atoms in total. The lowest BCUT2D eigenvalue weighted by molar-refractivity contribution is -0.140. The molecule has 3 atom stereocenters. The number of hydrogen-bond acceptors (Lipinski definition) is 5. The molecule has 1 unspecified atom stereocenters. The zero-order chi connectivity index (χ0) is 17.5. The van der Waals surface area contributed by atoms with Gasteiger partial charge in [-0.15, -0.1) is 0 Å². The SMILES string of the molecule is CC(NC(=O)[C@H](C)N)C(=O)N1CCC[C@H]1NOCc1ccccc1. The van der Waals surface area contributed by atoms with Crippen molar-refractivity contribution in [1.29, 1.82) is 0 Å². The monoisotopic (exact) mass is 334 g/mol. The van der Waals surface area contributed by atoms with Gasteiger partial charge in [0.15, 0.2) is 0 Å². The highest BCUT2D eigenvalue weighted by Gasteiger charge is 2.32. The number of hydrogen-bond donors (Lipinski definition) is 3. The summed E-state index contributed by atoms with van der Waals surface area (Å²) >= 11 is 0. The van der Waals surface area contributed by atoms with Crippen LogP contribution in [0.25, 0.3) is 0 Å². The van der Waals surface area contributed by atoms with Crippen LogP contribution in [0.5, 0.6) is 0 Å². The van der Waals surface area contributed by atoms with Crippen LogP contribution in [-0.2, 0) is 21.0 Å². The highest BCUT2D eigenvalue weighted by atomic mass is 16.6. The van der Waals surface area contributed by atoms with Crippen molar-refractivity contribution in [3.05, 3.63) is 35.9 Å². The van der Waals surface area contributed by atoms with Crippen molar-refractivity contribution < 1.29 is 14.4 Å². The zero-order valence-corrected chi connectivity index (χ0v) is 14.2. The number of rotatable bonds is 7. The largest absolute Gasteiger partial charge is 0.343 e. The fourth-order valence-corrected chi connectivity index (χ4v) is 2.60. The molecule has 4 N–H and O–H groups in total. The van der Waals surface area contributed by atoms with Crippen LogP contribution < -0.4 is 16.5 Å². The molecule has 0 aromatic heterocycles. The third-order valence-corrected chi connectivity index (χ3v) is 3.98. The maximum Gasteiger partial charge on any atom is 0.246 e. The molecule has 1 fully saturated rings. The van der Waals surface area contributed by atoms with Crippen molar-refractivity contribution in [2.45, 2.75) is 51.5 Å². The van der Waals surface area contributed by atoms with Gasteiger partial charge in [0, 0.05) is 6.54 Å². The molecule has 1 aromatic rings. The van der Waals surface area contributed by atoms with Crippen LogP contribution in [0.1, 0.15) is 32.3 Å². The van der Waals surface area contributed by atoms with Gasteiger partial charge in [0.2, 0.25) is 11.8 Å². The Hall–Kier alpha value is -1.96. The number of nitrogens with zero attached hydrogens (tertiary/aromatic N) is 1. The fraction of sp³-hybridized carbons (Fsp3) is 0.529. The smallest absolute Gasteiger partial charge is 0.246 e. The first-order valence-electron chi connectivity index (χ1n) is 8.26. The second-order valence-corrected chi connectivity index (χ2v) is 6.10. The molecular formula is C17H26N4O3. The van der Waals surface area contributed by atoms with Crippen LogP contribution in [0.4, 0.5) is 0 Å². The van der Waals surface area contributed by atoms with Gasteiger partial charge in [-0.1, -0.05) is 30.3 Å². The van der Waals surface area contributed by atoms with E-state index in [9.17, 15) is 9.59 Å². The Bertz CT molecular complexity index is 550. The highest BCUT2D eigenvalue weighted by molar-refractivity contribution is 5.89. The number of carbonyl (C=O) groups excluding carboxylic acids is 2. The predicted octanol–water partition coefficient (Wildman–Crippen LogP) is 0.508. The average molecular weight is 334 g/mol. The van der Waals surface area contributed by atoms with Gasteiger partial charge in [-0.2, -0.15) is 5.48 Å². The maximum atomic E-state index is 12.5. The van der Waals surface area contributed by atoms with Gasteiger partial charge in [-0.25, -0.2) is 0 Å². The number of nitrogens with two attached hydrogens (primary N) is 1. The Morgan fingerprint density at radius 2 is 2.04 bits per heavy atom. The van der Waals surface area contributed by atoms with Crippen molar-refractivity contribution in [2.24, 2.45) is 5.73 Å². The third-order valence-electron chi connectivity index (χ3n) is 3.98. The number of likely N-dealkylation sites (tertiary alicyclic amines) is 1. The van der Waals surface area contributed by atoms with Crippen molar-refractivity contribution >= 4 is 11.8 Å². The van der Waals surface area contributed by atoms with Gasteiger partial charge < -0.3 is 16.0 Å². The Kier molecular flexibility index (Phi) is 6.72. The van der Waals surface area contributed by atoms with Gasteiger partial charge in [0.05, 0.1) is 12.6 Å². The van der Waals surface area contributed by atoms with Crippen LogP contribution in [0, 0.1) is 0 Å². The summed E-state index contributed by atoms with van der Waals surface area (Å²) in [4.78, 5) is 31.4. The topological polar surface area (TPSA) is 96.7 Å². The molecule has 1 aliphatic heterocycles. The van der Waals surface area contributed by atoms with Crippen molar-refractivity contribution in [1.82, 2.24) is 15.7 Å². The van der Waals surface area contributed by atoms with E-state index in [2.05, 4.69) is 10.8 Å². The summed E-state index contributed by atoms with van der Waals surface area (Å²) < 4.78 is 0. The molecule has 0 spiro atoms. The second-order valence-electron chi connectivity index (χ2n) is 6.10. The van der Waals surface area contributed by atoms with E-state index in [-0.39, 0.29) is 18.0 Å². The lowest BCUT2D eigenvalue weighted by Gasteiger charge is -2.28. The van der Waals surface area contributed by atoms with Gasteiger partial charge in [-0.05, 0) is 32.3 Å². The van der Waals surface area contributed by atoms with Crippen molar-refractivity contribution in [2.75, 3.05) is 6.54 Å². The van der Waals surface area contributed by atoms with E-state index < -0.39 is 12.1 Å². The molecular weight excluding hydrogens is 308 g/mol. The van der Waals surface area contributed by atoms with Crippen molar-refractivity contribution in [3.8, 4) is 0 Å². The average Bonchev–Trinajstić information content (AvgIpc) is 3.03. The number of hydroxylamine groups is 1. The van der Waals surface area contributed by atoms with E-state index in [1.54, 1.807) is 18.7 Å². The summed E-state index contributed by atoms with van der Waals surface area (Å²) in [5.74, 6) is -0.470. The van der Waals surface area contributed by atoms with Crippen LogP contribution in [0.3, 0.4) is 0 Å². The Labute approximate surface area is 142 Å². The van der Waals surface area contributed by atoms with Gasteiger partial charge in [-0.3, -0.25) is 14.4 Å². The molecule has 0 saturated carbocycles. The van der Waals surface area contributed by atoms with Crippen LogP contribution in [0.15, 0.2) is 30.3 Å². The minimum Gasteiger partial charge on any atom is -0.343 e. The number of benzene rings is 1. The molecule has 2 amide bonds. The molecule has 0 radical (unpaired) electrons. The molecule has 7 heteroatoms. The summed E-state index contributed by atoms with van der Waals surface area (Å²) in [6, 6.07) is 8.56. The third kappa shape index (κ3) is 5.02.